The van der Waals surface area contributed by atoms with Crippen molar-refractivity contribution in [2.24, 2.45) is 5.41 Å². The maximum Gasteiger partial charge on any atom is 0.425 e. The summed E-state index contributed by atoms with van der Waals surface area (Å²) >= 11 is 0. The van der Waals surface area contributed by atoms with Crippen LogP contribution in [0.1, 0.15) is 11.5 Å². The second-order valence-electron chi connectivity index (χ2n) is 6.26. The largest absolute Gasteiger partial charge is 0.425 e. The maximum absolute atomic E-state index is 13.5. The van der Waals surface area contributed by atoms with E-state index in [9.17, 15) is 35.8 Å². The highest BCUT2D eigenvalue weighted by Crippen LogP contribution is 2.47. The first kappa shape index (κ1) is 21.4. The zero-order valence-corrected chi connectivity index (χ0v) is 13.9. The molecule has 0 heterocycles. The minimum Gasteiger partial charge on any atom is -0.395 e. The number of benzene rings is 1. The number of aliphatic hydroxyl groups is 1. The Bertz CT molecular complexity index is 672. The van der Waals surface area contributed by atoms with E-state index in [2.05, 4.69) is 4.74 Å². The SMILES string of the molecule is OCC1(COC(F)(F)C(F)(F)C(F)(F)CF)C=CC(c2ccccc2)C=C1. The zero-order chi connectivity index (χ0) is 20.3. The number of hydrogen-bond donors (Lipinski definition) is 1. The number of alkyl halides is 7. The third kappa shape index (κ3) is 4.19. The van der Waals surface area contributed by atoms with Crippen LogP contribution in [0.3, 0.4) is 0 Å². The molecule has 0 fully saturated rings. The quantitative estimate of drug-likeness (QED) is 0.507. The fraction of sp³-hybridized carbons (Fsp3) is 0.444. The number of allylic oxidation sites excluding steroid dienone is 2. The van der Waals surface area contributed by atoms with Gasteiger partial charge in [-0.25, -0.2) is 4.39 Å². The standard InChI is InChI=1S/C18H17F7O2/c19-10-16(20,21)17(22,23)18(24,25)27-12-15(11-26)8-6-14(7-9-15)13-4-2-1-3-5-13/h1-9,14,26H,10-12H2. The lowest BCUT2D eigenvalue weighted by Gasteiger charge is -2.34. The van der Waals surface area contributed by atoms with E-state index in [0.29, 0.717) is 0 Å². The Labute approximate surface area is 150 Å². The van der Waals surface area contributed by atoms with Crippen LogP contribution < -0.4 is 0 Å². The second kappa shape index (κ2) is 7.63. The molecule has 150 valence electrons. The Morgan fingerprint density at radius 1 is 0.963 bits per heavy atom. The summed E-state index contributed by atoms with van der Waals surface area (Å²) in [6, 6.07) is 8.95. The monoisotopic (exact) mass is 398 g/mol. The molecule has 0 saturated carbocycles. The van der Waals surface area contributed by atoms with E-state index in [0.717, 1.165) is 5.56 Å². The highest BCUT2D eigenvalue weighted by molar-refractivity contribution is 5.34. The lowest BCUT2D eigenvalue weighted by atomic mass is 9.81. The molecule has 0 saturated heterocycles. The summed E-state index contributed by atoms with van der Waals surface area (Å²) in [6.45, 7) is -4.96. The molecule has 1 aliphatic carbocycles. The van der Waals surface area contributed by atoms with E-state index in [1.165, 1.54) is 12.2 Å². The summed E-state index contributed by atoms with van der Waals surface area (Å²) in [4.78, 5) is 0. The van der Waals surface area contributed by atoms with Crippen molar-refractivity contribution in [3.05, 3.63) is 60.2 Å². The molecule has 2 nitrogen and oxygen atoms in total. The number of rotatable bonds is 8. The molecule has 0 atom stereocenters. The second-order valence-corrected chi connectivity index (χ2v) is 6.26. The van der Waals surface area contributed by atoms with Gasteiger partial charge in [0, 0.05) is 5.92 Å². The molecule has 0 amide bonds. The summed E-state index contributed by atoms with van der Waals surface area (Å²) in [5, 5.41) is 9.48. The van der Waals surface area contributed by atoms with Crippen LogP contribution in [0.4, 0.5) is 30.7 Å². The Morgan fingerprint density at radius 2 is 1.52 bits per heavy atom. The average Bonchev–Trinajstić information content (AvgIpc) is 2.67. The van der Waals surface area contributed by atoms with E-state index < -0.39 is 43.3 Å². The van der Waals surface area contributed by atoms with Crippen LogP contribution in [0.15, 0.2) is 54.6 Å². The fourth-order valence-electron chi connectivity index (χ4n) is 2.47. The van der Waals surface area contributed by atoms with Crippen molar-refractivity contribution in [3.63, 3.8) is 0 Å². The fourth-order valence-corrected chi connectivity index (χ4v) is 2.47. The number of ether oxygens (including phenoxy) is 1. The van der Waals surface area contributed by atoms with Crippen LogP contribution in [-0.4, -0.2) is 42.9 Å². The Hall–Kier alpha value is -1.87. The van der Waals surface area contributed by atoms with Crippen molar-refractivity contribution in [3.8, 4) is 0 Å². The van der Waals surface area contributed by atoms with Crippen LogP contribution in [-0.2, 0) is 4.74 Å². The van der Waals surface area contributed by atoms with Gasteiger partial charge in [-0.05, 0) is 5.56 Å². The first-order valence-corrected chi connectivity index (χ1v) is 7.88. The van der Waals surface area contributed by atoms with Gasteiger partial charge in [-0.3, -0.25) is 0 Å². The van der Waals surface area contributed by atoms with E-state index in [1.807, 2.05) is 0 Å². The zero-order valence-electron chi connectivity index (χ0n) is 13.9. The molecule has 0 aromatic heterocycles. The predicted molar refractivity (Wildman–Crippen MR) is 83.7 cm³/mol. The first-order chi connectivity index (χ1) is 12.5. The van der Waals surface area contributed by atoms with Gasteiger partial charge in [0.1, 0.15) is 0 Å². The molecule has 1 aromatic rings. The normalized spacial score (nSPS) is 23.6. The van der Waals surface area contributed by atoms with Crippen molar-refractivity contribution in [1.29, 1.82) is 0 Å². The van der Waals surface area contributed by atoms with Crippen molar-refractivity contribution >= 4 is 0 Å². The van der Waals surface area contributed by atoms with Crippen LogP contribution in [0, 0.1) is 5.41 Å². The van der Waals surface area contributed by atoms with E-state index in [-0.39, 0.29) is 5.92 Å². The highest BCUT2D eigenvalue weighted by Gasteiger charge is 2.73. The van der Waals surface area contributed by atoms with Crippen molar-refractivity contribution in [2.45, 2.75) is 23.9 Å². The van der Waals surface area contributed by atoms with Crippen molar-refractivity contribution in [2.75, 3.05) is 19.9 Å². The lowest BCUT2D eigenvalue weighted by molar-refractivity contribution is -0.402. The molecule has 1 N–H and O–H groups in total. The number of hydrogen-bond acceptors (Lipinski definition) is 2. The van der Waals surface area contributed by atoms with Gasteiger partial charge >= 0.3 is 18.0 Å². The Morgan fingerprint density at radius 3 is 2.00 bits per heavy atom. The van der Waals surface area contributed by atoms with Gasteiger partial charge < -0.3 is 9.84 Å². The maximum atomic E-state index is 13.5. The van der Waals surface area contributed by atoms with Crippen LogP contribution in [0.25, 0.3) is 0 Å². The molecule has 0 aliphatic heterocycles. The molecule has 27 heavy (non-hydrogen) atoms. The molecule has 9 heteroatoms. The molecular weight excluding hydrogens is 381 g/mol. The summed E-state index contributed by atoms with van der Waals surface area (Å²) in [6.07, 6.45) is 0.0177. The van der Waals surface area contributed by atoms with Gasteiger partial charge in [-0.2, -0.15) is 26.3 Å². The van der Waals surface area contributed by atoms with Crippen molar-refractivity contribution < 1.29 is 40.6 Å². The van der Waals surface area contributed by atoms with E-state index >= 15 is 0 Å². The molecule has 1 aliphatic rings. The topological polar surface area (TPSA) is 29.5 Å². The van der Waals surface area contributed by atoms with Gasteiger partial charge in [0.05, 0.1) is 18.6 Å². The molecule has 0 spiro atoms. The molecule has 2 rings (SSSR count). The first-order valence-electron chi connectivity index (χ1n) is 7.88. The molecule has 0 radical (unpaired) electrons. The predicted octanol–water partition coefficient (Wildman–Crippen LogP) is 4.72. The number of halogens is 7. The van der Waals surface area contributed by atoms with E-state index in [4.69, 9.17) is 0 Å². The van der Waals surface area contributed by atoms with Gasteiger partial charge in [0.2, 0.25) is 0 Å². The molecular formula is C18H17F7O2. The highest BCUT2D eigenvalue weighted by atomic mass is 19.4. The Balaban J connectivity index is 2.13. The van der Waals surface area contributed by atoms with Gasteiger partial charge in [0.15, 0.2) is 6.67 Å². The van der Waals surface area contributed by atoms with Crippen molar-refractivity contribution in [1.82, 2.24) is 0 Å². The van der Waals surface area contributed by atoms with Crippen LogP contribution >= 0.6 is 0 Å². The smallest absolute Gasteiger partial charge is 0.395 e. The third-order valence-electron chi connectivity index (χ3n) is 4.26. The Kier molecular flexibility index (Phi) is 6.06. The minimum atomic E-state index is -6.06. The van der Waals surface area contributed by atoms with Gasteiger partial charge in [-0.1, -0.05) is 54.6 Å². The molecule has 0 bridgehead atoms. The molecule has 0 unspecified atom stereocenters. The van der Waals surface area contributed by atoms with Crippen LogP contribution in [0.5, 0.6) is 0 Å². The van der Waals surface area contributed by atoms with E-state index in [1.54, 1.807) is 42.5 Å². The average molecular weight is 398 g/mol. The van der Waals surface area contributed by atoms with Gasteiger partial charge in [-0.15, -0.1) is 0 Å². The third-order valence-corrected chi connectivity index (χ3v) is 4.26. The van der Waals surface area contributed by atoms with Gasteiger partial charge in [0.25, 0.3) is 0 Å². The van der Waals surface area contributed by atoms with Crippen LogP contribution in [0.2, 0.25) is 0 Å². The molecule has 1 aromatic carbocycles. The number of aliphatic hydroxyl groups excluding tert-OH is 1. The summed E-state index contributed by atoms with van der Waals surface area (Å²) in [7, 11) is 0. The summed E-state index contributed by atoms with van der Waals surface area (Å²) in [5.74, 6) is -11.9. The summed E-state index contributed by atoms with van der Waals surface area (Å²) < 4.78 is 95.2. The summed E-state index contributed by atoms with van der Waals surface area (Å²) in [5.41, 5.74) is -0.743. The lowest BCUT2D eigenvalue weighted by Crippen LogP contribution is -2.57. The minimum absolute atomic E-state index is 0.247.